The molecule has 1 aromatic heterocycles. The maximum atomic E-state index is 13.4. The largest absolute Gasteiger partial charge is 0.496 e. The second kappa shape index (κ2) is 7.20. The van der Waals surface area contributed by atoms with Crippen LogP contribution >= 0.6 is 15.9 Å². The predicted molar refractivity (Wildman–Crippen MR) is 105 cm³/mol. The van der Waals surface area contributed by atoms with Gasteiger partial charge in [0.25, 0.3) is 6.43 Å². The van der Waals surface area contributed by atoms with Crippen molar-refractivity contribution in [1.82, 2.24) is 15.1 Å². The summed E-state index contributed by atoms with van der Waals surface area (Å²) in [5.41, 5.74) is 4.04. The smallest absolute Gasteiger partial charge is 0.251 e. The minimum absolute atomic E-state index is 0.0367. The maximum absolute atomic E-state index is 13.4. The Hall–Kier alpha value is -1.99. The van der Waals surface area contributed by atoms with Crippen LogP contribution in [0.2, 0.25) is 0 Å². The summed E-state index contributed by atoms with van der Waals surface area (Å²) in [5, 5.41) is 8.21. The molecule has 0 fully saturated rings. The van der Waals surface area contributed by atoms with E-state index in [9.17, 15) is 8.78 Å². The topological polar surface area (TPSA) is 41.1 Å². The van der Waals surface area contributed by atoms with Gasteiger partial charge >= 0.3 is 0 Å². The minimum atomic E-state index is -2.41. The molecule has 4 rings (SSSR count). The molecular weight excluding hydrogens is 416 g/mol. The van der Waals surface area contributed by atoms with E-state index in [1.165, 1.54) is 0 Å². The summed E-state index contributed by atoms with van der Waals surface area (Å²) in [4.78, 5) is 1.88. The number of aromatic nitrogens is 2. The number of fused-ring (bicyclic) bond motifs is 3. The average Bonchev–Trinajstić information content (AvgIpc) is 3.11. The molecule has 2 atom stereocenters. The lowest BCUT2D eigenvalue weighted by atomic mass is 9.83. The SMILES string of the molecule is COc1cc(Br)ccc1[C@@H]1c2ccc3[nH]ncc3c2C[C@@H](C)N1CC(F)F. The molecule has 27 heavy (non-hydrogen) atoms. The van der Waals surface area contributed by atoms with Crippen LogP contribution in [-0.2, 0) is 6.42 Å². The number of nitrogens with zero attached hydrogens (tertiary/aromatic N) is 2. The Morgan fingerprint density at radius 3 is 2.81 bits per heavy atom. The fourth-order valence-electron chi connectivity index (χ4n) is 4.12. The van der Waals surface area contributed by atoms with Crippen LogP contribution in [0.1, 0.15) is 29.7 Å². The first kappa shape index (κ1) is 18.4. The zero-order chi connectivity index (χ0) is 19.1. The highest BCUT2D eigenvalue weighted by molar-refractivity contribution is 9.10. The molecule has 2 aromatic carbocycles. The monoisotopic (exact) mass is 435 g/mol. The van der Waals surface area contributed by atoms with Gasteiger partial charge in [0.15, 0.2) is 0 Å². The summed E-state index contributed by atoms with van der Waals surface area (Å²) >= 11 is 3.46. The quantitative estimate of drug-likeness (QED) is 0.631. The highest BCUT2D eigenvalue weighted by Gasteiger charge is 2.37. The highest BCUT2D eigenvalue weighted by Crippen LogP contribution is 2.44. The van der Waals surface area contributed by atoms with Gasteiger partial charge < -0.3 is 4.74 Å². The van der Waals surface area contributed by atoms with Crippen molar-refractivity contribution < 1.29 is 13.5 Å². The molecule has 0 radical (unpaired) electrons. The van der Waals surface area contributed by atoms with Crippen LogP contribution < -0.4 is 4.74 Å². The number of rotatable bonds is 4. The van der Waals surface area contributed by atoms with Crippen LogP contribution in [0.15, 0.2) is 41.0 Å². The summed E-state index contributed by atoms with van der Waals surface area (Å²) in [6.45, 7) is 1.72. The van der Waals surface area contributed by atoms with Gasteiger partial charge in [0.2, 0.25) is 0 Å². The van der Waals surface area contributed by atoms with E-state index < -0.39 is 6.43 Å². The number of H-pyrrole nitrogens is 1. The normalized spacial score (nSPS) is 20.2. The Morgan fingerprint density at radius 1 is 1.30 bits per heavy atom. The van der Waals surface area contributed by atoms with Crippen LogP contribution in [0.4, 0.5) is 8.78 Å². The molecule has 0 amide bonds. The van der Waals surface area contributed by atoms with Gasteiger partial charge in [-0.25, -0.2) is 8.78 Å². The number of hydrogen-bond acceptors (Lipinski definition) is 3. The van der Waals surface area contributed by atoms with E-state index in [2.05, 4.69) is 26.1 Å². The molecule has 1 aliphatic heterocycles. The molecule has 0 spiro atoms. The van der Waals surface area contributed by atoms with Crippen LogP contribution in [0.5, 0.6) is 5.75 Å². The summed E-state index contributed by atoms with van der Waals surface area (Å²) in [5.74, 6) is 0.681. The molecule has 0 bridgehead atoms. The van der Waals surface area contributed by atoms with Crippen molar-refractivity contribution in [3.8, 4) is 5.75 Å². The first-order chi connectivity index (χ1) is 13.0. The van der Waals surface area contributed by atoms with Crippen molar-refractivity contribution in [2.24, 2.45) is 0 Å². The molecular formula is C20H20BrF2N3O. The number of nitrogens with one attached hydrogen (secondary N) is 1. The van der Waals surface area contributed by atoms with Gasteiger partial charge in [-0.15, -0.1) is 0 Å². The zero-order valence-electron chi connectivity index (χ0n) is 15.0. The molecule has 142 valence electrons. The van der Waals surface area contributed by atoms with Gasteiger partial charge in [-0.05, 0) is 42.7 Å². The number of methoxy groups -OCH3 is 1. The number of hydrogen-bond donors (Lipinski definition) is 1. The van der Waals surface area contributed by atoms with Gasteiger partial charge in [0.05, 0.1) is 31.4 Å². The Morgan fingerprint density at radius 2 is 2.07 bits per heavy atom. The third-order valence-corrected chi connectivity index (χ3v) is 5.80. The second-order valence-corrected chi connectivity index (χ2v) is 7.81. The van der Waals surface area contributed by atoms with E-state index in [0.717, 1.165) is 32.1 Å². The summed E-state index contributed by atoms with van der Waals surface area (Å²) in [6, 6.07) is 9.40. The molecule has 1 aliphatic rings. The molecule has 0 aliphatic carbocycles. The summed E-state index contributed by atoms with van der Waals surface area (Å²) < 4.78 is 33.3. The average molecular weight is 436 g/mol. The van der Waals surface area contributed by atoms with E-state index in [-0.39, 0.29) is 18.6 Å². The Balaban J connectivity index is 1.94. The van der Waals surface area contributed by atoms with Crippen molar-refractivity contribution in [1.29, 1.82) is 0 Å². The lowest BCUT2D eigenvalue weighted by Gasteiger charge is -2.42. The lowest BCUT2D eigenvalue weighted by Crippen LogP contribution is -2.45. The number of halogens is 3. The van der Waals surface area contributed by atoms with Crippen molar-refractivity contribution in [3.05, 3.63) is 57.7 Å². The van der Waals surface area contributed by atoms with Crippen molar-refractivity contribution in [2.45, 2.75) is 31.9 Å². The van der Waals surface area contributed by atoms with Crippen molar-refractivity contribution in [2.75, 3.05) is 13.7 Å². The molecule has 4 nitrogen and oxygen atoms in total. The third-order valence-electron chi connectivity index (χ3n) is 5.30. The Bertz CT molecular complexity index is 975. The first-order valence-corrected chi connectivity index (χ1v) is 9.61. The van der Waals surface area contributed by atoms with Crippen LogP contribution in [-0.4, -0.2) is 41.2 Å². The molecule has 7 heteroatoms. The van der Waals surface area contributed by atoms with Gasteiger partial charge in [-0.1, -0.05) is 28.1 Å². The molecule has 0 unspecified atom stereocenters. The zero-order valence-corrected chi connectivity index (χ0v) is 16.6. The molecule has 2 heterocycles. The van der Waals surface area contributed by atoms with Crippen LogP contribution in [0, 0.1) is 0 Å². The van der Waals surface area contributed by atoms with Crippen molar-refractivity contribution in [3.63, 3.8) is 0 Å². The molecule has 0 saturated carbocycles. The second-order valence-electron chi connectivity index (χ2n) is 6.89. The number of benzene rings is 2. The standard InChI is InChI=1S/C20H20BrF2N3O/c1-11-7-15-13(5-6-17-16(15)9-24-25-17)20(26(11)10-19(22)23)14-4-3-12(21)8-18(14)27-2/h3-6,8-9,11,19-20H,7,10H2,1-2H3,(H,24,25)/t11-,20+/m1/s1. The first-order valence-electron chi connectivity index (χ1n) is 8.81. The van der Waals surface area contributed by atoms with Crippen LogP contribution in [0.25, 0.3) is 10.9 Å². The molecule has 0 saturated heterocycles. The van der Waals surface area contributed by atoms with Crippen LogP contribution in [0.3, 0.4) is 0 Å². The van der Waals surface area contributed by atoms with Crippen molar-refractivity contribution >= 4 is 26.8 Å². The minimum Gasteiger partial charge on any atom is -0.496 e. The fourth-order valence-corrected chi connectivity index (χ4v) is 4.46. The predicted octanol–water partition coefficient (Wildman–Crippen LogP) is 4.94. The van der Waals surface area contributed by atoms with Gasteiger partial charge in [0.1, 0.15) is 5.75 Å². The Labute approximate surface area is 164 Å². The van der Waals surface area contributed by atoms with Gasteiger partial charge in [-0.3, -0.25) is 10.00 Å². The van der Waals surface area contributed by atoms with E-state index in [4.69, 9.17) is 4.74 Å². The van der Waals surface area contributed by atoms with Gasteiger partial charge in [-0.2, -0.15) is 5.10 Å². The highest BCUT2D eigenvalue weighted by atomic mass is 79.9. The molecule has 3 aromatic rings. The number of aromatic amines is 1. The molecule has 1 N–H and O–H groups in total. The van der Waals surface area contributed by atoms with E-state index in [1.54, 1.807) is 7.11 Å². The van der Waals surface area contributed by atoms with E-state index in [1.807, 2.05) is 48.4 Å². The fraction of sp³-hybridized carbons (Fsp3) is 0.350. The number of alkyl halides is 2. The summed E-state index contributed by atoms with van der Waals surface area (Å²) in [7, 11) is 1.61. The third kappa shape index (κ3) is 3.23. The van der Waals surface area contributed by atoms with E-state index in [0.29, 0.717) is 12.2 Å². The number of ether oxygens (including phenoxy) is 1. The van der Waals surface area contributed by atoms with Gasteiger partial charge in [0, 0.05) is 21.5 Å². The van der Waals surface area contributed by atoms with E-state index >= 15 is 0 Å². The lowest BCUT2D eigenvalue weighted by molar-refractivity contribution is 0.0460. The Kier molecular flexibility index (Phi) is 4.90. The maximum Gasteiger partial charge on any atom is 0.251 e. The summed E-state index contributed by atoms with van der Waals surface area (Å²) in [6.07, 6.45) is 0.115.